The van der Waals surface area contributed by atoms with E-state index in [0.717, 1.165) is 39.1 Å². The van der Waals surface area contributed by atoms with Crippen LogP contribution in [0.15, 0.2) is 48.5 Å². The average molecular weight is 373 g/mol. The molecule has 5 nitrogen and oxygen atoms in total. The minimum atomic E-state index is -0.0813. The van der Waals surface area contributed by atoms with Gasteiger partial charge in [0.1, 0.15) is 0 Å². The Kier molecular flexibility index (Phi) is 4.61. The van der Waals surface area contributed by atoms with Crippen LogP contribution in [-0.4, -0.2) is 48.8 Å². The highest BCUT2D eigenvalue weighted by Gasteiger charge is 2.15. The number of nitrogens with one attached hydrogen (secondary N) is 2. The van der Waals surface area contributed by atoms with Gasteiger partial charge in [-0.05, 0) is 50.0 Å². The summed E-state index contributed by atoms with van der Waals surface area (Å²) in [5, 5.41) is 7.16. The van der Waals surface area contributed by atoms with E-state index in [0.29, 0.717) is 17.7 Å². The molecule has 1 heterocycles. The van der Waals surface area contributed by atoms with Crippen molar-refractivity contribution in [3.05, 3.63) is 59.7 Å². The molecular weight excluding hydrogens is 350 g/mol. The second kappa shape index (κ2) is 7.09. The molecule has 2 N–H and O–H groups in total. The molecule has 1 amide bonds. The van der Waals surface area contributed by atoms with Gasteiger partial charge in [0.25, 0.3) is 5.91 Å². The second-order valence-corrected chi connectivity index (χ2v) is 7.39. The molecule has 142 valence electrons. The predicted octanol–water partition coefficient (Wildman–Crippen LogP) is 3.97. The molecule has 0 fully saturated rings. The molecule has 28 heavy (non-hydrogen) atoms. The zero-order valence-electron chi connectivity index (χ0n) is 16.3. The maximum absolute atomic E-state index is 12.7. The molecule has 1 aromatic heterocycles. The Balaban J connectivity index is 1.85. The zero-order valence-corrected chi connectivity index (χ0v) is 16.3. The van der Waals surface area contributed by atoms with Crippen LogP contribution in [0.3, 0.4) is 0 Å². The Labute approximate surface area is 163 Å². The number of aromatic nitrogens is 1. The van der Waals surface area contributed by atoms with Gasteiger partial charge in [-0.15, -0.1) is 0 Å². The van der Waals surface area contributed by atoms with Crippen molar-refractivity contribution in [3.63, 3.8) is 0 Å². The summed E-state index contributed by atoms with van der Waals surface area (Å²) in [5.74, 6) is -0.0280. The number of rotatable bonds is 5. The average Bonchev–Trinajstić information content (AvgIpc) is 3.06. The van der Waals surface area contributed by atoms with Crippen LogP contribution < -0.4 is 5.32 Å². The van der Waals surface area contributed by atoms with Gasteiger partial charge in [-0.2, -0.15) is 0 Å². The Morgan fingerprint density at radius 1 is 1.04 bits per heavy atom. The third-order valence-electron chi connectivity index (χ3n) is 5.11. The number of nitrogens with zero attached hydrogens (tertiary/aromatic N) is 1. The summed E-state index contributed by atoms with van der Waals surface area (Å²) in [6, 6.07) is 15.6. The van der Waals surface area contributed by atoms with Crippen molar-refractivity contribution in [1.29, 1.82) is 0 Å². The molecule has 0 aliphatic rings. The van der Waals surface area contributed by atoms with Crippen LogP contribution in [0.1, 0.15) is 27.6 Å². The summed E-state index contributed by atoms with van der Waals surface area (Å²) in [6.45, 7) is 2.96. The Morgan fingerprint density at radius 2 is 1.86 bits per heavy atom. The first-order valence-electron chi connectivity index (χ1n) is 9.37. The van der Waals surface area contributed by atoms with Gasteiger partial charge in [-0.1, -0.05) is 30.3 Å². The first-order chi connectivity index (χ1) is 13.5. The summed E-state index contributed by atoms with van der Waals surface area (Å²) in [5.41, 5.74) is 3.16. The highest BCUT2D eigenvalue weighted by Crippen LogP contribution is 2.34. The van der Waals surface area contributed by atoms with Crippen LogP contribution >= 0.6 is 0 Å². The molecule has 0 atom stereocenters. The van der Waals surface area contributed by atoms with Crippen LogP contribution in [0.25, 0.3) is 32.6 Å². The molecule has 4 aromatic rings. The fourth-order valence-corrected chi connectivity index (χ4v) is 3.65. The number of para-hydroxylation sites is 1. The number of likely N-dealkylation sites (N-methyl/N-ethyl adjacent to an activating group) is 1. The Bertz CT molecular complexity index is 1220. The fraction of sp³-hybridized carbons (Fsp3) is 0.217. The normalized spacial score (nSPS) is 11.6. The minimum Gasteiger partial charge on any atom is -0.354 e. The number of amides is 1. The molecule has 0 aliphatic carbocycles. The number of hydrogen-bond acceptors (Lipinski definition) is 3. The van der Waals surface area contributed by atoms with E-state index in [2.05, 4.69) is 10.3 Å². The molecular formula is C23H23N3O2. The third kappa shape index (κ3) is 3.14. The number of aromatic amines is 1. The lowest BCUT2D eigenvalue weighted by atomic mass is 10.00. The number of carbonyl (C=O) groups is 2. The van der Waals surface area contributed by atoms with E-state index in [1.807, 2.05) is 67.5 Å². The van der Waals surface area contributed by atoms with E-state index >= 15 is 0 Å². The van der Waals surface area contributed by atoms with Gasteiger partial charge in [-0.3, -0.25) is 9.59 Å². The van der Waals surface area contributed by atoms with E-state index in [1.165, 1.54) is 0 Å². The maximum atomic E-state index is 12.7. The first-order valence-corrected chi connectivity index (χ1v) is 9.37. The quantitative estimate of drug-likeness (QED) is 0.520. The van der Waals surface area contributed by atoms with Gasteiger partial charge in [-0.25, -0.2) is 0 Å². The highest BCUT2D eigenvalue weighted by molar-refractivity contribution is 6.23. The monoisotopic (exact) mass is 373 g/mol. The van der Waals surface area contributed by atoms with Crippen molar-refractivity contribution in [2.24, 2.45) is 0 Å². The fourth-order valence-electron chi connectivity index (χ4n) is 3.65. The molecule has 0 aliphatic heterocycles. The predicted molar refractivity (Wildman–Crippen MR) is 114 cm³/mol. The van der Waals surface area contributed by atoms with Crippen LogP contribution in [0.4, 0.5) is 0 Å². The molecule has 5 heteroatoms. The standard InChI is InChI=1S/C23H23N3O2/c1-14(27)15-7-9-17-16(13-15)8-10-20-21(17)18-5-4-6-19(22(18)25-20)23(28)24-11-12-26(2)3/h4-10,13,25H,11-12H2,1-3H3,(H,24,28). The van der Waals surface area contributed by atoms with E-state index in [-0.39, 0.29) is 11.7 Å². The number of Topliss-reactive ketones (excluding diaryl/α,β-unsaturated/α-hetero) is 1. The van der Waals surface area contributed by atoms with Gasteiger partial charge in [0.2, 0.25) is 0 Å². The number of hydrogen-bond donors (Lipinski definition) is 2. The van der Waals surface area contributed by atoms with Crippen molar-refractivity contribution in [1.82, 2.24) is 15.2 Å². The van der Waals surface area contributed by atoms with Crippen LogP contribution in [0.5, 0.6) is 0 Å². The van der Waals surface area contributed by atoms with Crippen molar-refractivity contribution in [3.8, 4) is 0 Å². The Morgan fingerprint density at radius 3 is 2.61 bits per heavy atom. The van der Waals surface area contributed by atoms with Gasteiger partial charge in [0, 0.05) is 34.9 Å². The Hall–Kier alpha value is -3.18. The highest BCUT2D eigenvalue weighted by atomic mass is 16.1. The zero-order chi connectivity index (χ0) is 19.8. The lowest BCUT2D eigenvalue weighted by Gasteiger charge is -2.10. The van der Waals surface area contributed by atoms with Crippen molar-refractivity contribution < 1.29 is 9.59 Å². The largest absolute Gasteiger partial charge is 0.354 e. The minimum absolute atomic E-state index is 0.0533. The molecule has 0 saturated heterocycles. The summed E-state index contributed by atoms with van der Waals surface area (Å²) >= 11 is 0. The van der Waals surface area contributed by atoms with E-state index < -0.39 is 0 Å². The number of H-pyrrole nitrogens is 1. The van der Waals surface area contributed by atoms with Gasteiger partial charge in [0.05, 0.1) is 11.1 Å². The maximum Gasteiger partial charge on any atom is 0.253 e. The van der Waals surface area contributed by atoms with E-state index in [1.54, 1.807) is 6.92 Å². The molecule has 3 aromatic carbocycles. The van der Waals surface area contributed by atoms with Gasteiger partial charge >= 0.3 is 0 Å². The molecule has 4 rings (SSSR count). The lowest BCUT2D eigenvalue weighted by Crippen LogP contribution is -2.31. The smallest absolute Gasteiger partial charge is 0.253 e. The van der Waals surface area contributed by atoms with Gasteiger partial charge in [0.15, 0.2) is 5.78 Å². The summed E-state index contributed by atoms with van der Waals surface area (Å²) in [4.78, 5) is 29.9. The van der Waals surface area contributed by atoms with Crippen molar-refractivity contribution in [2.45, 2.75) is 6.92 Å². The SMILES string of the molecule is CC(=O)c1ccc2c(ccc3[nH]c4c(C(=O)NCCN(C)C)cccc4c32)c1. The number of fused-ring (bicyclic) bond motifs is 5. The van der Waals surface area contributed by atoms with Crippen LogP contribution in [0, 0.1) is 0 Å². The lowest BCUT2D eigenvalue weighted by molar-refractivity contribution is 0.0951. The van der Waals surface area contributed by atoms with E-state index in [9.17, 15) is 9.59 Å². The number of ketones is 1. The first kappa shape index (κ1) is 18.2. The van der Waals surface area contributed by atoms with Crippen LogP contribution in [0.2, 0.25) is 0 Å². The second-order valence-electron chi connectivity index (χ2n) is 7.39. The summed E-state index contributed by atoms with van der Waals surface area (Å²) in [6.07, 6.45) is 0. The molecule has 0 saturated carbocycles. The summed E-state index contributed by atoms with van der Waals surface area (Å²) < 4.78 is 0. The topological polar surface area (TPSA) is 65.2 Å². The molecule has 0 unspecified atom stereocenters. The van der Waals surface area contributed by atoms with Crippen molar-refractivity contribution >= 4 is 44.3 Å². The van der Waals surface area contributed by atoms with Crippen molar-refractivity contribution in [2.75, 3.05) is 27.2 Å². The molecule has 0 bridgehead atoms. The molecule has 0 radical (unpaired) electrons. The summed E-state index contributed by atoms with van der Waals surface area (Å²) in [7, 11) is 3.96. The molecule has 0 spiro atoms. The van der Waals surface area contributed by atoms with Gasteiger partial charge < -0.3 is 15.2 Å². The third-order valence-corrected chi connectivity index (χ3v) is 5.11. The number of carbonyl (C=O) groups excluding carboxylic acids is 2. The van der Waals surface area contributed by atoms with E-state index in [4.69, 9.17) is 0 Å². The van der Waals surface area contributed by atoms with Crippen LogP contribution in [-0.2, 0) is 0 Å². The number of benzene rings is 3.